The Hall–Kier alpha value is -0.540. The Labute approximate surface area is 93.7 Å². The number of rotatable bonds is 3. The van der Waals surface area contributed by atoms with Gasteiger partial charge in [0.1, 0.15) is 0 Å². The number of halogens is 1. The van der Waals surface area contributed by atoms with Crippen molar-refractivity contribution in [2.75, 3.05) is 25.6 Å². The van der Waals surface area contributed by atoms with Gasteiger partial charge in [-0.2, -0.15) is 0 Å². The standard InChI is InChI=1S/C11H16BrNO/c1-8(7-14)9-4-5-10(12)11(6-9)13(2)3/h4-6,8,14H,7H2,1-3H3. The van der Waals surface area contributed by atoms with E-state index in [2.05, 4.69) is 26.9 Å². The van der Waals surface area contributed by atoms with Crippen LogP contribution in [0, 0.1) is 0 Å². The highest BCUT2D eigenvalue weighted by Crippen LogP contribution is 2.28. The van der Waals surface area contributed by atoms with Gasteiger partial charge < -0.3 is 10.0 Å². The van der Waals surface area contributed by atoms with E-state index in [0.29, 0.717) is 0 Å². The summed E-state index contributed by atoms with van der Waals surface area (Å²) in [6.45, 7) is 2.21. The van der Waals surface area contributed by atoms with Crippen LogP contribution in [0.5, 0.6) is 0 Å². The summed E-state index contributed by atoms with van der Waals surface area (Å²) in [7, 11) is 4.01. The molecule has 0 bridgehead atoms. The van der Waals surface area contributed by atoms with Gasteiger partial charge in [-0.3, -0.25) is 0 Å². The van der Waals surface area contributed by atoms with Crippen LogP contribution in [0.25, 0.3) is 0 Å². The fraction of sp³-hybridized carbons (Fsp3) is 0.455. The Balaban J connectivity index is 3.06. The number of nitrogens with zero attached hydrogens (tertiary/aromatic N) is 1. The van der Waals surface area contributed by atoms with Crippen molar-refractivity contribution in [1.29, 1.82) is 0 Å². The average Bonchev–Trinajstić information content (AvgIpc) is 2.17. The molecule has 0 spiro atoms. The highest BCUT2D eigenvalue weighted by atomic mass is 79.9. The molecule has 0 aromatic heterocycles. The maximum atomic E-state index is 9.06. The minimum Gasteiger partial charge on any atom is -0.396 e. The fourth-order valence-corrected chi connectivity index (χ4v) is 1.89. The van der Waals surface area contributed by atoms with Gasteiger partial charge in [-0.05, 0) is 33.6 Å². The summed E-state index contributed by atoms with van der Waals surface area (Å²) < 4.78 is 1.08. The number of aliphatic hydroxyl groups is 1. The van der Waals surface area contributed by atoms with E-state index < -0.39 is 0 Å². The molecule has 78 valence electrons. The molecule has 0 aliphatic carbocycles. The fourth-order valence-electron chi connectivity index (χ4n) is 1.28. The molecule has 1 aromatic rings. The lowest BCUT2D eigenvalue weighted by Crippen LogP contribution is -2.10. The van der Waals surface area contributed by atoms with E-state index in [1.165, 1.54) is 5.56 Å². The summed E-state index contributed by atoms with van der Waals surface area (Å²) in [4.78, 5) is 2.05. The molecule has 0 heterocycles. The predicted octanol–water partition coefficient (Wildman–Crippen LogP) is 2.61. The molecule has 2 nitrogen and oxygen atoms in total. The molecule has 1 N–H and O–H groups in total. The van der Waals surface area contributed by atoms with Crippen molar-refractivity contribution in [2.45, 2.75) is 12.8 Å². The molecule has 0 aliphatic heterocycles. The summed E-state index contributed by atoms with van der Waals surface area (Å²) >= 11 is 3.50. The third-order valence-corrected chi connectivity index (χ3v) is 2.97. The molecule has 0 fully saturated rings. The lowest BCUT2D eigenvalue weighted by Gasteiger charge is -2.17. The second kappa shape index (κ2) is 4.80. The summed E-state index contributed by atoms with van der Waals surface area (Å²) in [6.07, 6.45) is 0. The molecule has 1 rings (SSSR count). The topological polar surface area (TPSA) is 23.5 Å². The Morgan fingerprint density at radius 2 is 2.07 bits per heavy atom. The van der Waals surface area contributed by atoms with E-state index in [1.54, 1.807) is 0 Å². The van der Waals surface area contributed by atoms with Crippen LogP contribution in [-0.4, -0.2) is 25.8 Å². The number of benzene rings is 1. The van der Waals surface area contributed by atoms with E-state index in [4.69, 9.17) is 5.11 Å². The molecule has 14 heavy (non-hydrogen) atoms. The molecule has 0 saturated carbocycles. The van der Waals surface area contributed by atoms with E-state index in [1.807, 2.05) is 33.2 Å². The van der Waals surface area contributed by atoms with Crippen molar-refractivity contribution in [3.05, 3.63) is 28.2 Å². The summed E-state index contributed by atoms with van der Waals surface area (Å²) in [6, 6.07) is 6.17. The molecule has 1 unspecified atom stereocenters. The zero-order valence-corrected chi connectivity index (χ0v) is 10.4. The van der Waals surface area contributed by atoms with Gasteiger partial charge in [0.25, 0.3) is 0 Å². The molecule has 3 heteroatoms. The molecular weight excluding hydrogens is 242 g/mol. The van der Waals surface area contributed by atoms with Gasteiger partial charge in [-0.25, -0.2) is 0 Å². The Bertz CT molecular complexity index is 312. The van der Waals surface area contributed by atoms with Gasteiger partial charge >= 0.3 is 0 Å². The lowest BCUT2D eigenvalue weighted by atomic mass is 10.0. The van der Waals surface area contributed by atoms with Crippen LogP contribution in [0.2, 0.25) is 0 Å². The van der Waals surface area contributed by atoms with Gasteiger partial charge in [0.15, 0.2) is 0 Å². The van der Waals surface area contributed by atoms with Gasteiger partial charge in [-0.15, -0.1) is 0 Å². The summed E-state index contributed by atoms with van der Waals surface area (Å²) in [5.74, 6) is 0.196. The second-order valence-electron chi connectivity index (χ2n) is 3.69. The van der Waals surface area contributed by atoms with Gasteiger partial charge in [-0.1, -0.05) is 13.0 Å². The highest BCUT2D eigenvalue weighted by Gasteiger charge is 2.08. The van der Waals surface area contributed by atoms with Crippen molar-refractivity contribution in [3.63, 3.8) is 0 Å². The minimum atomic E-state index is 0.189. The minimum absolute atomic E-state index is 0.189. The van der Waals surface area contributed by atoms with Crippen LogP contribution in [0.1, 0.15) is 18.4 Å². The zero-order chi connectivity index (χ0) is 10.7. The quantitative estimate of drug-likeness (QED) is 0.900. The smallest absolute Gasteiger partial charge is 0.0508 e. The Kier molecular flexibility index (Phi) is 3.96. The molecule has 1 aromatic carbocycles. The van der Waals surface area contributed by atoms with E-state index >= 15 is 0 Å². The largest absolute Gasteiger partial charge is 0.396 e. The maximum absolute atomic E-state index is 9.06. The third-order valence-electron chi connectivity index (χ3n) is 2.29. The van der Waals surface area contributed by atoms with Crippen molar-refractivity contribution in [3.8, 4) is 0 Å². The summed E-state index contributed by atoms with van der Waals surface area (Å²) in [5.41, 5.74) is 2.31. The molecule has 0 radical (unpaired) electrons. The van der Waals surface area contributed by atoms with Crippen molar-refractivity contribution in [2.24, 2.45) is 0 Å². The van der Waals surface area contributed by atoms with Crippen molar-refractivity contribution < 1.29 is 5.11 Å². The molecular formula is C11H16BrNO. The highest BCUT2D eigenvalue weighted by molar-refractivity contribution is 9.10. The van der Waals surface area contributed by atoms with Crippen LogP contribution < -0.4 is 4.90 Å². The van der Waals surface area contributed by atoms with Crippen LogP contribution in [0.3, 0.4) is 0 Å². The monoisotopic (exact) mass is 257 g/mol. The van der Waals surface area contributed by atoms with E-state index in [0.717, 1.165) is 10.2 Å². The van der Waals surface area contributed by atoms with Crippen LogP contribution in [-0.2, 0) is 0 Å². The SMILES string of the molecule is CC(CO)c1ccc(Br)c(N(C)C)c1. The first-order valence-corrected chi connectivity index (χ1v) is 5.43. The lowest BCUT2D eigenvalue weighted by molar-refractivity contribution is 0.273. The molecule has 1 atom stereocenters. The van der Waals surface area contributed by atoms with Crippen LogP contribution in [0.4, 0.5) is 5.69 Å². The number of hydrogen-bond acceptors (Lipinski definition) is 2. The first kappa shape index (κ1) is 11.5. The molecule has 0 amide bonds. The molecule has 0 aliphatic rings. The number of anilines is 1. The number of aliphatic hydroxyl groups excluding tert-OH is 1. The van der Waals surface area contributed by atoms with Gasteiger partial charge in [0.2, 0.25) is 0 Å². The summed E-state index contributed by atoms with van der Waals surface area (Å²) in [5, 5.41) is 9.06. The Morgan fingerprint density at radius 3 is 2.57 bits per heavy atom. The normalized spacial score (nSPS) is 12.6. The molecule has 0 saturated heterocycles. The Morgan fingerprint density at radius 1 is 1.43 bits per heavy atom. The average molecular weight is 258 g/mol. The predicted molar refractivity (Wildman–Crippen MR) is 64.0 cm³/mol. The van der Waals surface area contributed by atoms with Crippen LogP contribution >= 0.6 is 15.9 Å². The number of hydrogen-bond donors (Lipinski definition) is 1. The van der Waals surface area contributed by atoms with Gasteiger partial charge in [0.05, 0.1) is 5.69 Å². The van der Waals surface area contributed by atoms with Crippen molar-refractivity contribution >= 4 is 21.6 Å². The van der Waals surface area contributed by atoms with Gasteiger partial charge in [0, 0.05) is 31.1 Å². The first-order valence-electron chi connectivity index (χ1n) is 4.64. The second-order valence-corrected chi connectivity index (χ2v) is 4.54. The van der Waals surface area contributed by atoms with E-state index in [9.17, 15) is 0 Å². The maximum Gasteiger partial charge on any atom is 0.0508 e. The zero-order valence-electron chi connectivity index (χ0n) is 8.79. The van der Waals surface area contributed by atoms with Crippen molar-refractivity contribution in [1.82, 2.24) is 0 Å². The van der Waals surface area contributed by atoms with E-state index in [-0.39, 0.29) is 12.5 Å². The first-order chi connectivity index (χ1) is 6.56. The van der Waals surface area contributed by atoms with Crippen LogP contribution in [0.15, 0.2) is 22.7 Å². The third kappa shape index (κ3) is 2.49.